The van der Waals surface area contributed by atoms with Crippen LogP contribution >= 0.6 is 0 Å². The van der Waals surface area contributed by atoms with Gasteiger partial charge in [-0.2, -0.15) is 0 Å². The van der Waals surface area contributed by atoms with Crippen LogP contribution in [0.5, 0.6) is 5.75 Å². The molecule has 0 aromatic heterocycles. The number of hydrogen-bond acceptors (Lipinski definition) is 7. The average molecular weight is 411 g/mol. The first-order valence-electron chi connectivity index (χ1n) is 9.92. The lowest BCUT2D eigenvalue weighted by Gasteiger charge is -2.16. The third kappa shape index (κ3) is 12.5. The van der Waals surface area contributed by atoms with Crippen molar-refractivity contribution < 1.29 is 28.6 Å². The summed E-state index contributed by atoms with van der Waals surface area (Å²) in [5, 5.41) is 2.70. The van der Waals surface area contributed by atoms with E-state index in [0.29, 0.717) is 5.75 Å². The van der Waals surface area contributed by atoms with E-state index in [1.807, 2.05) is 19.1 Å². The average Bonchev–Trinajstić information content (AvgIpc) is 2.71. The summed E-state index contributed by atoms with van der Waals surface area (Å²) in [6.07, 6.45) is 2.02. The molecule has 0 unspecified atom stereocenters. The van der Waals surface area contributed by atoms with Crippen molar-refractivity contribution in [2.24, 2.45) is 5.73 Å². The minimum absolute atomic E-state index is 0.0592. The number of esters is 2. The van der Waals surface area contributed by atoms with Crippen LogP contribution in [0.1, 0.15) is 45.6 Å². The predicted octanol–water partition coefficient (Wildman–Crippen LogP) is 2.12. The fraction of sp³-hybridized carbons (Fsp3) is 0.571. The van der Waals surface area contributed by atoms with Crippen LogP contribution in [0.2, 0.25) is 0 Å². The Morgan fingerprint density at radius 1 is 0.966 bits per heavy atom. The lowest BCUT2D eigenvalue weighted by Crippen LogP contribution is -2.38. The highest BCUT2D eigenvalue weighted by molar-refractivity contribution is 5.98. The summed E-state index contributed by atoms with van der Waals surface area (Å²) in [6, 6.07) is 7.01. The van der Waals surface area contributed by atoms with Crippen LogP contribution < -0.4 is 15.8 Å². The molecule has 3 N–H and O–H groups in total. The van der Waals surface area contributed by atoms with Crippen LogP contribution in [0.15, 0.2) is 24.3 Å². The number of nitrogens with one attached hydrogen (secondary N) is 1. The van der Waals surface area contributed by atoms with E-state index in [9.17, 15) is 14.4 Å². The van der Waals surface area contributed by atoms with Crippen LogP contribution in [-0.2, 0) is 23.9 Å². The Balaban J connectivity index is 0.000000665. The number of carbonyl (C=O) groups excluding carboxylic acids is 3. The summed E-state index contributed by atoms with van der Waals surface area (Å²) < 4.78 is 15.0. The van der Waals surface area contributed by atoms with Gasteiger partial charge in [0, 0.05) is 6.54 Å². The summed E-state index contributed by atoms with van der Waals surface area (Å²) in [4.78, 5) is 33.9. The molecule has 1 aromatic carbocycles. The molecule has 0 saturated heterocycles. The van der Waals surface area contributed by atoms with E-state index in [0.717, 1.165) is 18.5 Å². The second-order valence-corrected chi connectivity index (χ2v) is 6.08. The maximum Gasteiger partial charge on any atom is 0.359 e. The fourth-order valence-electron chi connectivity index (χ4n) is 2.06. The number of unbranched alkanes of at least 4 members (excludes halogenated alkanes) is 2. The molecule has 0 bridgehead atoms. The molecule has 0 heterocycles. The Kier molecular flexibility index (Phi) is 14.9. The van der Waals surface area contributed by atoms with Crippen molar-refractivity contribution in [2.75, 3.05) is 26.3 Å². The molecule has 164 valence electrons. The van der Waals surface area contributed by atoms with Crippen molar-refractivity contribution >= 4 is 17.8 Å². The number of rotatable bonds is 11. The Bertz CT molecular complexity index is 586. The van der Waals surface area contributed by atoms with Gasteiger partial charge >= 0.3 is 11.9 Å². The van der Waals surface area contributed by atoms with E-state index in [1.165, 1.54) is 12.8 Å². The first kappa shape index (κ1) is 26.4. The minimum atomic E-state index is -1.39. The summed E-state index contributed by atoms with van der Waals surface area (Å²) in [6.45, 7) is 8.59. The Hall–Kier alpha value is -2.61. The lowest BCUT2D eigenvalue weighted by atomic mass is 10.2. The Labute approximate surface area is 173 Å². The van der Waals surface area contributed by atoms with Crippen LogP contribution in [0, 0.1) is 6.92 Å². The van der Waals surface area contributed by atoms with Gasteiger partial charge in [0.15, 0.2) is 0 Å². The molecule has 8 heteroatoms. The molecule has 8 nitrogen and oxygen atoms in total. The predicted molar refractivity (Wildman–Crippen MR) is 110 cm³/mol. The quantitative estimate of drug-likeness (QED) is 0.326. The van der Waals surface area contributed by atoms with Crippen LogP contribution in [0.3, 0.4) is 0 Å². The largest absolute Gasteiger partial charge is 0.467 e. The van der Waals surface area contributed by atoms with Crippen LogP contribution in [-0.4, -0.2) is 50.3 Å². The summed E-state index contributed by atoms with van der Waals surface area (Å²) >= 11 is 0. The number of hydrogen-bond donors (Lipinski definition) is 2. The third-order valence-corrected chi connectivity index (χ3v) is 3.56. The Morgan fingerprint density at radius 3 is 1.97 bits per heavy atom. The van der Waals surface area contributed by atoms with Crippen molar-refractivity contribution in [1.82, 2.24) is 5.32 Å². The molecule has 1 rings (SSSR count). The standard InChI is InChI=1S/C14H18O5.C7H16N2O/c1-4-17-13(15)12(14(16)18-5-2)19-11-8-6-10(3)7-9-11;1-2-3-4-5-9-7(10)6-8/h6-9,12H,4-5H2,1-3H3;2-6,8H2,1H3,(H,9,10). The zero-order valence-electron chi connectivity index (χ0n) is 17.9. The van der Waals surface area contributed by atoms with Crippen molar-refractivity contribution in [3.8, 4) is 5.75 Å². The van der Waals surface area contributed by atoms with E-state index in [2.05, 4.69) is 12.2 Å². The number of aryl methyl sites for hydroxylation is 1. The van der Waals surface area contributed by atoms with E-state index in [4.69, 9.17) is 19.9 Å². The number of amides is 1. The van der Waals surface area contributed by atoms with E-state index in [1.54, 1.807) is 26.0 Å². The third-order valence-electron chi connectivity index (χ3n) is 3.56. The number of nitrogens with two attached hydrogens (primary N) is 1. The maximum absolute atomic E-state index is 11.7. The molecule has 0 aliphatic heterocycles. The lowest BCUT2D eigenvalue weighted by molar-refractivity contribution is -0.166. The molecule has 1 aromatic rings. The van der Waals surface area contributed by atoms with Crippen molar-refractivity contribution in [3.63, 3.8) is 0 Å². The van der Waals surface area contributed by atoms with Gasteiger partial charge < -0.3 is 25.3 Å². The number of ether oxygens (including phenoxy) is 3. The molecule has 0 radical (unpaired) electrons. The first-order valence-corrected chi connectivity index (χ1v) is 9.92. The highest BCUT2D eigenvalue weighted by atomic mass is 16.6. The van der Waals surface area contributed by atoms with Crippen molar-refractivity contribution in [3.05, 3.63) is 29.8 Å². The molecule has 0 saturated carbocycles. The first-order chi connectivity index (χ1) is 13.9. The number of benzene rings is 1. The van der Waals surface area contributed by atoms with Gasteiger partial charge in [-0.3, -0.25) is 4.79 Å². The molecule has 0 fully saturated rings. The zero-order chi connectivity index (χ0) is 22.1. The van der Waals surface area contributed by atoms with Crippen LogP contribution in [0.4, 0.5) is 0 Å². The summed E-state index contributed by atoms with van der Waals surface area (Å²) in [5.74, 6) is -1.14. The molecule has 0 aliphatic carbocycles. The Morgan fingerprint density at radius 2 is 1.52 bits per heavy atom. The summed E-state index contributed by atoms with van der Waals surface area (Å²) in [7, 11) is 0. The molecular weight excluding hydrogens is 376 g/mol. The second-order valence-electron chi connectivity index (χ2n) is 6.08. The van der Waals surface area contributed by atoms with Crippen molar-refractivity contribution in [2.45, 2.75) is 53.1 Å². The van der Waals surface area contributed by atoms with Gasteiger partial charge in [0.25, 0.3) is 6.10 Å². The molecule has 0 aliphatic rings. The van der Waals surface area contributed by atoms with Crippen LogP contribution in [0.25, 0.3) is 0 Å². The van der Waals surface area contributed by atoms with Gasteiger partial charge in [0.1, 0.15) is 5.75 Å². The van der Waals surface area contributed by atoms with Gasteiger partial charge in [0.2, 0.25) is 5.91 Å². The zero-order valence-corrected chi connectivity index (χ0v) is 17.9. The highest BCUT2D eigenvalue weighted by Gasteiger charge is 2.31. The maximum atomic E-state index is 11.7. The second kappa shape index (κ2) is 16.4. The van der Waals surface area contributed by atoms with Gasteiger partial charge in [-0.1, -0.05) is 37.5 Å². The highest BCUT2D eigenvalue weighted by Crippen LogP contribution is 2.14. The van der Waals surface area contributed by atoms with Gasteiger partial charge in [0.05, 0.1) is 19.8 Å². The molecule has 29 heavy (non-hydrogen) atoms. The van der Waals surface area contributed by atoms with E-state index in [-0.39, 0.29) is 25.7 Å². The molecular formula is C21H34N2O6. The molecule has 0 spiro atoms. The molecule has 0 atom stereocenters. The molecule has 1 amide bonds. The van der Waals surface area contributed by atoms with Crippen molar-refractivity contribution in [1.29, 1.82) is 0 Å². The van der Waals surface area contributed by atoms with E-state index < -0.39 is 18.0 Å². The summed E-state index contributed by atoms with van der Waals surface area (Å²) in [5.41, 5.74) is 6.13. The van der Waals surface area contributed by atoms with Gasteiger partial charge in [-0.25, -0.2) is 9.59 Å². The normalized spacial score (nSPS) is 9.86. The van der Waals surface area contributed by atoms with Gasteiger partial charge in [-0.15, -0.1) is 0 Å². The van der Waals surface area contributed by atoms with Gasteiger partial charge in [-0.05, 0) is 39.3 Å². The van der Waals surface area contributed by atoms with E-state index >= 15 is 0 Å². The number of carbonyl (C=O) groups is 3. The smallest absolute Gasteiger partial charge is 0.359 e. The monoisotopic (exact) mass is 410 g/mol. The topological polar surface area (TPSA) is 117 Å². The fourth-order valence-corrected chi connectivity index (χ4v) is 2.06. The minimum Gasteiger partial charge on any atom is -0.467 e. The SMILES string of the molecule is CCCCCNC(=O)CN.CCOC(=O)C(Oc1ccc(C)cc1)C(=O)OCC.